The van der Waals surface area contributed by atoms with Crippen LogP contribution in [-0.4, -0.2) is 37.1 Å². The summed E-state index contributed by atoms with van der Waals surface area (Å²) in [5.41, 5.74) is 1.67. The highest BCUT2D eigenvalue weighted by Crippen LogP contribution is 2.25. The van der Waals surface area contributed by atoms with Crippen molar-refractivity contribution in [3.8, 4) is 6.07 Å². The minimum absolute atomic E-state index is 0.591. The maximum Gasteiger partial charge on any atom is 0.101 e. The van der Waals surface area contributed by atoms with Gasteiger partial charge in [0.2, 0.25) is 0 Å². The molecular formula is C14H18ClN3. The molecule has 0 saturated carbocycles. The van der Waals surface area contributed by atoms with Crippen molar-refractivity contribution in [2.45, 2.75) is 19.9 Å². The second-order valence-electron chi connectivity index (χ2n) is 4.89. The first-order valence-electron chi connectivity index (χ1n) is 6.30. The van der Waals surface area contributed by atoms with Crippen LogP contribution in [0.15, 0.2) is 18.2 Å². The third kappa shape index (κ3) is 2.77. The zero-order valence-electron chi connectivity index (χ0n) is 10.9. The molecule has 0 radical (unpaired) electrons. The van der Waals surface area contributed by atoms with Gasteiger partial charge in [0.05, 0.1) is 11.3 Å². The predicted octanol–water partition coefficient (Wildman–Crippen LogP) is 2.74. The van der Waals surface area contributed by atoms with Gasteiger partial charge < -0.3 is 4.90 Å². The van der Waals surface area contributed by atoms with Crippen molar-refractivity contribution in [1.82, 2.24) is 4.90 Å². The Balaban J connectivity index is 2.13. The van der Waals surface area contributed by atoms with Gasteiger partial charge in [-0.2, -0.15) is 5.26 Å². The van der Waals surface area contributed by atoms with Crippen molar-refractivity contribution in [3.63, 3.8) is 0 Å². The Kier molecular flexibility index (Phi) is 4.11. The number of hydrogen-bond donors (Lipinski definition) is 0. The van der Waals surface area contributed by atoms with E-state index in [2.05, 4.69) is 29.7 Å². The lowest BCUT2D eigenvalue weighted by molar-refractivity contribution is 0.209. The van der Waals surface area contributed by atoms with Crippen LogP contribution < -0.4 is 4.90 Å². The number of nitriles is 1. The molecular weight excluding hydrogens is 246 g/mol. The van der Waals surface area contributed by atoms with Crippen LogP contribution in [0.25, 0.3) is 0 Å². The lowest BCUT2D eigenvalue weighted by Crippen LogP contribution is -2.49. The zero-order valence-corrected chi connectivity index (χ0v) is 11.6. The standard InChI is InChI=1S/C14H18ClN3/c1-11(2)17-5-7-18(8-6-17)14-4-3-13(15)9-12(14)10-16/h3-4,9,11H,5-8H2,1-2H3. The number of hydrogen-bond acceptors (Lipinski definition) is 3. The van der Waals surface area contributed by atoms with Gasteiger partial charge in [-0.25, -0.2) is 0 Å². The van der Waals surface area contributed by atoms with E-state index in [0.29, 0.717) is 16.6 Å². The summed E-state index contributed by atoms with van der Waals surface area (Å²) in [6, 6.07) is 8.36. The normalized spacial score (nSPS) is 16.9. The Bertz CT molecular complexity index is 457. The maximum absolute atomic E-state index is 9.17. The number of piperazine rings is 1. The number of rotatable bonds is 2. The van der Waals surface area contributed by atoms with Crippen LogP contribution in [0.4, 0.5) is 5.69 Å². The van der Waals surface area contributed by atoms with Crippen LogP contribution in [0.2, 0.25) is 5.02 Å². The average molecular weight is 264 g/mol. The van der Waals surface area contributed by atoms with Crippen molar-refractivity contribution >= 4 is 17.3 Å². The molecule has 1 fully saturated rings. The van der Waals surface area contributed by atoms with E-state index in [1.54, 1.807) is 6.07 Å². The van der Waals surface area contributed by atoms with Gasteiger partial charge in [0.25, 0.3) is 0 Å². The van der Waals surface area contributed by atoms with Crippen molar-refractivity contribution in [2.75, 3.05) is 31.1 Å². The molecule has 0 aliphatic carbocycles. The van der Waals surface area contributed by atoms with Gasteiger partial charge >= 0.3 is 0 Å². The minimum Gasteiger partial charge on any atom is -0.368 e. The second kappa shape index (κ2) is 5.60. The molecule has 0 unspecified atom stereocenters. The molecule has 1 aliphatic heterocycles. The second-order valence-corrected chi connectivity index (χ2v) is 5.33. The molecule has 0 atom stereocenters. The van der Waals surface area contributed by atoms with E-state index >= 15 is 0 Å². The number of benzene rings is 1. The molecule has 96 valence electrons. The zero-order chi connectivity index (χ0) is 13.1. The van der Waals surface area contributed by atoms with E-state index in [1.807, 2.05) is 12.1 Å². The molecule has 1 aliphatic rings. The van der Waals surface area contributed by atoms with Crippen LogP contribution in [0.5, 0.6) is 0 Å². The summed E-state index contributed by atoms with van der Waals surface area (Å²) in [4.78, 5) is 4.73. The van der Waals surface area contributed by atoms with E-state index in [-0.39, 0.29) is 0 Å². The van der Waals surface area contributed by atoms with E-state index in [4.69, 9.17) is 16.9 Å². The van der Waals surface area contributed by atoms with Crippen LogP contribution in [-0.2, 0) is 0 Å². The highest BCUT2D eigenvalue weighted by molar-refractivity contribution is 6.30. The summed E-state index contributed by atoms with van der Waals surface area (Å²) in [6.07, 6.45) is 0. The van der Waals surface area contributed by atoms with Crippen LogP contribution in [0.1, 0.15) is 19.4 Å². The van der Waals surface area contributed by atoms with Crippen LogP contribution >= 0.6 is 11.6 Å². The number of anilines is 1. The van der Waals surface area contributed by atoms with Gasteiger partial charge in [-0.05, 0) is 32.0 Å². The van der Waals surface area contributed by atoms with Crippen LogP contribution in [0.3, 0.4) is 0 Å². The SMILES string of the molecule is CC(C)N1CCN(c2ccc(Cl)cc2C#N)CC1. The smallest absolute Gasteiger partial charge is 0.101 e. The summed E-state index contributed by atoms with van der Waals surface area (Å²) >= 11 is 5.92. The molecule has 1 saturated heterocycles. The average Bonchev–Trinajstić information content (AvgIpc) is 2.38. The third-order valence-electron chi connectivity index (χ3n) is 3.46. The lowest BCUT2D eigenvalue weighted by atomic mass is 10.1. The molecule has 1 heterocycles. The van der Waals surface area contributed by atoms with Crippen molar-refractivity contribution in [1.29, 1.82) is 5.26 Å². The molecule has 0 spiro atoms. The number of halogens is 1. The summed E-state index contributed by atoms with van der Waals surface area (Å²) in [7, 11) is 0. The van der Waals surface area contributed by atoms with Gasteiger partial charge in [-0.1, -0.05) is 11.6 Å². The van der Waals surface area contributed by atoms with Gasteiger partial charge in [-0.3, -0.25) is 4.90 Å². The quantitative estimate of drug-likeness (QED) is 0.822. The first-order chi connectivity index (χ1) is 8.61. The minimum atomic E-state index is 0.591. The third-order valence-corrected chi connectivity index (χ3v) is 3.70. The maximum atomic E-state index is 9.17. The Morgan fingerprint density at radius 3 is 2.44 bits per heavy atom. The highest BCUT2D eigenvalue weighted by Gasteiger charge is 2.20. The first kappa shape index (κ1) is 13.2. The van der Waals surface area contributed by atoms with Gasteiger partial charge in [0.15, 0.2) is 0 Å². The monoisotopic (exact) mass is 263 g/mol. The molecule has 0 bridgehead atoms. The summed E-state index contributed by atoms with van der Waals surface area (Å²) in [5.74, 6) is 0. The van der Waals surface area contributed by atoms with Gasteiger partial charge in [-0.15, -0.1) is 0 Å². The molecule has 3 nitrogen and oxygen atoms in total. The summed E-state index contributed by atoms with van der Waals surface area (Å²) in [5, 5.41) is 9.79. The molecule has 0 amide bonds. The van der Waals surface area contributed by atoms with Gasteiger partial charge in [0, 0.05) is 37.2 Å². The van der Waals surface area contributed by atoms with E-state index in [0.717, 1.165) is 31.9 Å². The predicted molar refractivity (Wildman–Crippen MR) is 75.1 cm³/mol. The Hall–Kier alpha value is -1.24. The Morgan fingerprint density at radius 2 is 1.89 bits per heavy atom. The summed E-state index contributed by atoms with van der Waals surface area (Å²) in [6.45, 7) is 8.47. The molecule has 18 heavy (non-hydrogen) atoms. The van der Waals surface area contributed by atoms with E-state index in [9.17, 15) is 0 Å². The van der Waals surface area contributed by atoms with E-state index < -0.39 is 0 Å². The molecule has 2 rings (SSSR count). The fourth-order valence-corrected chi connectivity index (χ4v) is 2.52. The Morgan fingerprint density at radius 1 is 1.22 bits per heavy atom. The fourth-order valence-electron chi connectivity index (χ4n) is 2.35. The highest BCUT2D eigenvalue weighted by atomic mass is 35.5. The van der Waals surface area contributed by atoms with Gasteiger partial charge in [0.1, 0.15) is 6.07 Å². The van der Waals surface area contributed by atoms with Crippen molar-refractivity contribution < 1.29 is 0 Å². The van der Waals surface area contributed by atoms with Crippen molar-refractivity contribution in [3.05, 3.63) is 28.8 Å². The summed E-state index contributed by atoms with van der Waals surface area (Å²) < 4.78 is 0. The van der Waals surface area contributed by atoms with E-state index in [1.165, 1.54) is 0 Å². The fraction of sp³-hybridized carbons (Fsp3) is 0.500. The molecule has 0 aromatic heterocycles. The molecule has 0 N–H and O–H groups in total. The lowest BCUT2D eigenvalue weighted by Gasteiger charge is -2.38. The topological polar surface area (TPSA) is 30.3 Å². The largest absolute Gasteiger partial charge is 0.368 e. The molecule has 1 aromatic carbocycles. The Labute approximate surface area is 114 Å². The van der Waals surface area contributed by atoms with Crippen molar-refractivity contribution in [2.24, 2.45) is 0 Å². The van der Waals surface area contributed by atoms with Crippen LogP contribution in [0, 0.1) is 11.3 Å². The molecule has 1 aromatic rings. The number of nitrogens with zero attached hydrogens (tertiary/aromatic N) is 3. The molecule has 4 heteroatoms. The first-order valence-corrected chi connectivity index (χ1v) is 6.68.